The molecule has 0 saturated carbocycles. The van der Waals surface area contributed by atoms with Gasteiger partial charge in [0.25, 0.3) is 11.8 Å². The van der Waals surface area contributed by atoms with E-state index in [0.717, 1.165) is 21.9 Å². The summed E-state index contributed by atoms with van der Waals surface area (Å²) < 4.78 is 0. The first kappa shape index (κ1) is 21.0. The van der Waals surface area contributed by atoms with E-state index < -0.39 is 5.91 Å². The minimum atomic E-state index is -0.411. The second kappa shape index (κ2) is 9.33. The number of amides is 2. The number of rotatable bonds is 5. The smallest absolute Gasteiger partial charge is 0.267 e. The zero-order valence-electron chi connectivity index (χ0n) is 18.1. The number of aromatic nitrogens is 4. The highest BCUT2D eigenvalue weighted by Crippen LogP contribution is 2.16. The molecule has 1 aromatic heterocycles. The average molecular weight is 448 g/mol. The van der Waals surface area contributed by atoms with Crippen LogP contribution in [0.1, 0.15) is 26.3 Å². The number of nitrogens with zero attached hydrogens (tertiary/aromatic N) is 4. The number of hydrogen-bond acceptors (Lipinski definition) is 5. The second-order valence-electron chi connectivity index (χ2n) is 7.68. The molecule has 0 saturated heterocycles. The van der Waals surface area contributed by atoms with Gasteiger partial charge in [0.2, 0.25) is 5.82 Å². The molecule has 5 rings (SSSR count). The average Bonchev–Trinajstić information content (AvgIpc) is 3.36. The SMILES string of the molecule is O=C(NNC(=O)c1ccc2ccccc2c1)c1ccc(Cn2nnc(-c3ccccc3)n2)cc1. The van der Waals surface area contributed by atoms with E-state index >= 15 is 0 Å². The first-order valence-electron chi connectivity index (χ1n) is 10.7. The van der Waals surface area contributed by atoms with Gasteiger partial charge in [-0.3, -0.25) is 20.4 Å². The van der Waals surface area contributed by atoms with Gasteiger partial charge >= 0.3 is 0 Å². The third kappa shape index (κ3) is 4.66. The summed E-state index contributed by atoms with van der Waals surface area (Å²) in [5.41, 5.74) is 7.61. The van der Waals surface area contributed by atoms with E-state index in [1.54, 1.807) is 24.3 Å². The Morgan fingerprint density at radius 2 is 1.35 bits per heavy atom. The Bertz CT molecular complexity index is 1460. The molecule has 0 spiro atoms. The predicted octanol–water partition coefficient (Wildman–Crippen LogP) is 3.62. The van der Waals surface area contributed by atoms with Gasteiger partial charge in [-0.1, -0.05) is 72.8 Å². The standard InChI is InChI=1S/C26H20N6O2/c33-25(28-29-26(34)23-15-14-19-6-4-5-9-22(19)16-23)21-12-10-18(11-13-21)17-32-30-24(27-31-32)20-7-2-1-3-8-20/h1-16H,17H2,(H,28,33)(H,29,34). The molecule has 0 aliphatic heterocycles. The second-order valence-corrected chi connectivity index (χ2v) is 7.68. The molecule has 0 aliphatic carbocycles. The molecule has 34 heavy (non-hydrogen) atoms. The molecule has 8 nitrogen and oxygen atoms in total. The highest BCUT2D eigenvalue weighted by Gasteiger charge is 2.11. The Labute approximate surface area is 195 Å². The molecule has 4 aromatic carbocycles. The lowest BCUT2D eigenvalue weighted by atomic mass is 10.1. The van der Waals surface area contributed by atoms with Crippen molar-refractivity contribution in [1.82, 2.24) is 31.1 Å². The van der Waals surface area contributed by atoms with E-state index in [1.807, 2.05) is 72.8 Å². The maximum Gasteiger partial charge on any atom is 0.269 e. The molecule has 166 valence electrons. The molecule has 0 aliphatic rings. The third-order valence-corrected chi connectivity index (χ3v) is 5.33. The molecule has 0 atom stereocenters. The maximum absolute atomic E-state index is 12.5. The van der Waals surface area contributed by atoms with Crippen molar-refractivity contribution in [3.05, 3.63) is 114 Å². The van der Waals surface area contributed by atoms with Crippen LogP contribution in [0, 0.1) is 0 Å². The van der Waals surface area contributed by atoms with Gasteiger partial charge in [-0.05, 0) is 45.8 Å². The highest BCUT2D eigenvalue weighted by atomic mass is 16.2. The van der Waals surface area contributed by atoms with Gasteiger partial charge in [0.15, 0.2) is 0 Å². The quantitative estimate of drug-likeness (QED) is 0.400. The van der Waals surface area contributed by atoms with E-state index in [9.17, 15) is 9.59 Å². The van der Waals surface area contributed by atoms with Crippen LogP contribution in [-0.2, 0) is 6.54 Å². The lowest BCUT2D eigenvalue weighted by Gasteiger charge is -2.09. The molecule has 0 fully saturated rings. The van der Waals surface area contributed by atoms with Crippen molar-refractivity contribution in [3.63, 3.8) is 0 Å². The number of hydrazine groups is 1. The number of fused-ring (bicyclic) bond motifs is 1. The van der Waals surface area contributed by atoms with Crippen LogP contribution in [0.5, 0.6) is 0 Å². The van der Waals surface area contributed by atoms with Gasteiger partial charge in [0, 0.05) is 16.7 Å². The summed E-state index contributed by atoms with van der Waals surface area (Å²) in [4.78, 5) is 26.4. The number of benzene rings is 4. The molecule has 0 unspecified atom stereocenters. The van der Waals surface area contributed by atoms with Crippen molar-refractivity contribution in [3.8, 4) is 11.4 Å². The fourth-order valence-corrected chi connectivity index (χ4v) is 3.53. The largest absolute Gasteiger partial charge is 0.269 e. The number of tetrazole rings is 1. The summed E-state index contributed by atoms with van der Waals surface area (Å²) in [6.45, 7) is 0.417. The normalized spacial score (nSPS) is 10.7. The van der Waals surface area contributed by atoms with Crippen LogP contribution in [0.15, 0.2) is 97.1 Å². The molecule has 5 aromatic rings. The van der Waals surface area contributed by atoms with Crippen molar-refractivity contribution >= 4 is 22.6 Å². The molecule has 1 heterocycles. The van der Waals surface area contributed by atoms with Crippen LogP contribution in [-0.4, -0.2) is 32.0 Å². The topological polar surface area (TPSA) is 102 Å². The van der Waals surface area contributed by atoms with Gasteiger partial charge in [-0.2, -0.15) is 4.80 Å². The number of carbonyl (C=O) groups is 2. The zero-order valence-corrected chi connectivity index (χ0v) is 18.1. The molecule has 0 radical (unpaired) electrons. The monoisotopic (exact) mass is 448 g/mol. The van der Waals surface area contributed by atoms with Crippen molar-refractivity contribution in [1.29, 1.82) is 0 Å². The first-order valence-corrected chi connectivity index (χ1v) is 10.7. The van der Waals surface area contributed by atoms with Gasteiger partial charge in [0.1, 0.15) is 0 Å². The van der Waals surface area contributed by atoms with E-state index in [0.29, 0.717) is 23.5 Å². The Kier molecular flexibility index (Phi) is 5.77. The van der Waals surface area contributed by atoms with E-state index in [2.05, 4.69) is 26.3 Å². The molecular formula is C26H20N6O2. The van der Waals surface area contributed by atoms with Crippen LogP contribution in [0.2, 0.25) is 0 Å². The van der Waals surface area contributed by atoms with E-state index in [1.165, 1.54) is 4.80 Å². The molecule has 2 amide bonds. The van der Waals surface area contributed by atoms with Gasteiger partial charge in [0.05, 0.1) is 6.54 Å². The van der Waals surface area contributed by atoms with E-state index in [-0.39, 0.29) is 5.91 Å². The lowest BCUT2D eigenvalue weighted by molar-refractivity contribution is 0.0847. The lowest BCUT2D eigenvalue weighted by Crippen LogP contribution is -2.41. The summed E-state index contributed by atoms with van der Waals surface area (Å²) in [6.07, 6.45) is 0. The molecular weight excluding hydrogens is 428 g/mol. The number of carbonyl (C=O) groups excluding carboxylic acids is 2. The van der Waals surface area contributed by atoms with Crippen molar-refractivity contribution in [2.45, 2.75) is 6.54 Å². The number of nitrogens with one attached hydrogen (secondary N) is 2. The fraction of sp³-hybridized carbons (Fsp3) is 0.0385. The minimum absolute atomic E-state index is 0.387. The van der Waals surface area contributed by atoms with Crippen molar-refractivity contribution in [2.75, 3.05) is 0 Å². The van der Waals surface area contributed by atoms with Crippen LogP contribution >= 0.6 is 0 Å². The fourth-order valence-electron chi connectivity index (χ4n) is 3.53. The number of hydrogen-bond donors (Lipinski definition) is 2. The third-order valence-electron chi connectivity index (χ3n) is 5.33. The summed E-state index contributed by atoms with van der Waals surface area (Å²) in [7, 11) is 0. The summed E-state index contributed by atoms with van der Waals surface area (Å²) >= 11 is 0. The summed E-state index contributed by atoms with van der Waals surface area (Å²) in [5.74, 6) is -0.244. The maximum atomic E-state index is 12.5. The van der Waals surface area contributed by atoms with Crippen LogP contribution in [0.3, 0.4) is 0 Å². The van der Waals surface area contributed by atoms with Gasteiger partial charge in [-0.25, -0.2) is 0 Å². The summed E-state index contributed by atoms with van der Waals surface area (Å²) in [5, 5.41) is 14.6. The van der Waals surface area contributed by atoms with Gasteiger partial charge in [-0.15, -0.1) is 10.2 Å². The zero-order chi connectivity index (χ0) is 23.3. The summed E-state index contributed by atoms with van der Waals surface area (Å²) in [6, 6.07) is 29.8. The Hall–Kier alpha value is -4.85. The Morgan fingerprint density at radius 1 is 0.706 bits per heavy atom. The van der Waals surface area contributed by atoms with Crippen LogP contribution < -0.4 is 10.9 Å². The molecule has 2 N–H and O–H groups in total. The van der Waals surface area contributed by atoms with E-state index in [4.69, 9.17) is 0 Å². The molecule has 8 heteroatoms. The molecule has 0 bridgehead atoms. The van der Waals surface area contributed by atoms with Crippen molar-refractivity contribution < 1.29 is 9.59 Å². The Morgan fingerprint density at radius 3 is 2.12 bits per heavy atom. The minimum Gasteiger partial charge on any atom is -0.267 e. The van der Waals surface area contributed by atoms with Gasteiger partial charge < -0.3 is 0 Å². The van der Waals surface area contributed by atoms with Crippen LogP contribution in [0.4, 0.5) is 0 Å². The Balaban J connectivity index is 1.18. The van der Waals surface area contributed by atoms with Crippen LogP contribution in [0.25, 0.3) is 22.2 Å². The first-order chi connectivity index (χ1) is 16.7. The van der Waals surface area contributed by atoms with Crippen molar-refractivity contribution in [2.24, 2.45) is 0 Å². The highest BCUT2D eigenvalue weighted by molar-refractivity contribution is 6.01. The predicted molar refractivity (Wildman–Crippen MR) is 128 cm³/mol.